The number of fused-ring (bicyclic) bond motifs is 3. The number of aromatic nitrogens is 4. The number of carbonyl (C=O) groups excluding carboxylic acids is 1. The van der Waals surface area contributed by atoms with Crippen LogP contribution in [0.15, 0.2) is 58.5 Å². The van der Waals surface area contributed by atoms with Crippen molar-refractivity contribution in [3.05, 3.63) is 64.4 Å². The third kappa shape index (κ3) is 3.85. The predicted molar refractivity (Wildman–Crippen MR) is 125 cm³/mol. The van der Waals surface area contributed by atoms with Crippen molar-refractivity contribution in [1.82, 2.24) is 19.2 Å². The molecule has 0 spiro atoms. The molecule has 0 bridgehead atoms. The molecule has 0 aliphatic carbocycles. The highest BCUT2D eigenvalue weighted by Crippen LogP contribution is 2.27. The van der Waals surface area contributed by atoms with Gasteiger partial charge in [0.05, 0.1) is 28.6 Å². The molecular formula is C23H22N6O2S. The SMILES string of the molecule is Cc1ccc(N(CCC#N)C(=O)C(C)Sc2nnc3n(C)c(=O)c4ccccc4n23)cc1. The zero-order valence-corrected chi connectivity index (χ0v) is 18.8. The fourth-order valence-corrected chi connectivity index (χ4v) is 4.49. The molecule has 4 rings (SSSR count). The fraction of sp³-hybridized carbons (Fsp3) is 0.261. The molecule has 1 unspecified atom stereocenters. The van der Waals surface area contributed by atoms with Crippen LogP contribution in [0.1, 0.15) is 18.9 Å². The number of para-hydroxylation sites is 1. The van der Waals surface area contributed by atoms with Crippen molar-refractivity contribution in [2.75, 3.05) is 11.4 Å². The molecule has 1 atom stereocenters. The number of carbonyl (C=O) groups is 1. The topological polar surface area (TPSA) is 96.3 Å². The average molecular weight is 447 g/mol. The van der Waals surface area contributed by atoms with Gasteiger partial charge in [0.25, 0.3) is 5.56 Å². The first-order valence-electron chi connectivity index (χ1n) is 10.2. The molecule has 0 N–H and O–H groups in total. The van der Waals surface area contributed by atoms with E-state index in [0.717, 1.165) is 11.3 Å². The van der Waals surface area contributed by atoms with E-state index in [1.54, 1.807) is 22.4 Å². The van der Waals surface area contributed by atoms with Gasteiger partial charge in [-0.3, -0.25) is 18.6 Å². The standard InChI is InChI=1S/C23H22N6O2S/c1-15-9-11-17(12-10-15)28(14-6-13-24)20(30)16(2)32-23-26-25-22-27(3)21(31)18-7-4-5-8-19(18)29(22)23/h4-5,7-12,16H,6,14H2,1-3H3. The van der Waals surface area contributed by atoms with Crippen LogP contribution in [0, 0.1) is 18.3 Å². The number of anilines is 1. The van der Waals surface area contributed by atoms with Gasteiger partial charge < -0.3 is 4.90 Å². The largest absolute Gasteiger partial charge is 0.310 e. The molecule has 2 heterocycles. The van der Waals surface area contributed by atoms with Crippen LogP contribution in [-0.4, -0.2) is 36.9 Å². The molecule has 1 amide bonds. The van der Waals surface area contributed by atoms with E-state index >= 15 is 0 Å². The van der Waals surface area contributed by atoms with E-state index in [9.17, 15) is 9.59 Å². The Labute approximate surface area is 189 Å². The first-order valence-corrected chi connectivity index (χ1v) is 11.0. The number of hydrogen-bond acceptors (Lipinski definition) is 6. The van der Waals surface area contributed by atoms with E-state index < -0.39 is 5.25 Å². The van der Waals surface area contributed by atoms with Crippen LogP contribution in [0.3, 0.4) is 0 Å². The highest BCUT2D eigenvalue weighted by Gasteiger charge is 2.25. The lowest BCUT2D eigenvalue weighted by Crippen LogP contribution is -2.37. The molecule has 0 saturated carbocycles. The Hall–Kier alpha value is -3.64. The summed E-state index contributed by atoms with van der Waals surface area (Å²) >= 11 is 1.28. The third-order valence-corrected chi connectivity index (χ3v) is 6.32. The van der Waals surface area contributed by atoms with Crippen LogP contribution in [-0.2, 0) is 11.8 Å². The van der Waals surface area contributed by atoms with Gasteiger partial charge in [0.1, 0.15) is 0 Å². The molecule has 2 aromatic heterocycles. The van der Waals surface area contributed by atoms with Crippen molar-refractivity contribution in [3.8, 4) is 6.07 Å². The van der Waals surface area contributed by atoms with Crippen LogP contribution in [0.4, 0.5) is 5.69 Å². The number of hydrogen-bond donors (Lipinski definition) is 0. The van der Waals surface area contributed by atoms with Gasteiger partial charge in [0, 0.05) is 19.3 Å². The van der Waals surface area contributed by atoms with Crippen molar-refractivity contribution >= 4 is 40.0 Å². The number of amides is 1. The van der Waals surface area contributed by atoms with Gasteiger partial charge in [-0.1, -0.05) is 41.6 Å². The van der Waals surface area contributed by atoms with Gasteiger partial charge in [0.2, 0.25) is 11.7 Å². The first kappa shape index (κ1) is 21.6. The smallest absolute Gasteiger partial charge is 0.262 e. The van der Waals surface area contributed by atoms with E-state index in [4.69, 9.17) is 5.26 Å². The number of benzene rings is 2. The summed E-state index contributed by atoms with van der Waals surface area (Å²) in [6.07, 6.45) is 0.234. The van der Waals surface area contributed by atoms with Crippen molar-refractivity contribution < 1.29 is 4.79 Å². The summed E-state index contributed by atoms with van der Waals surface area (Å²) in [6.45, 7) is 4.10. The zero-order chi connectivity index (χ0) is 22.8. The normalized spacial score (nSPS) is 12.1. The molecule has 2 aromatic carbocycles. The molecule has 0 aliphatic heterocycles. The van der Waals surface area contributed by atoms with E-state index in [0.29, 0.717) is 28.4 Å². The molecule has 0 saturated heterocycles. The Balaban J connectivity index is 1.70. The van der Waals surface area contributed by atoms with E-state index in [2.05, 4.69) is 16.3 Å². The minimum Gasteiger partial charge on any atom is -0.310 e. The maximum Gasteiger partial charge on any atom is 0.262 e. The Morgan fingerprint density at radius 2 is 1.91 bits per heavy atom. The molecule has 0 radical (unpaired) electrons. The zero-order valence-electron chi connectivity index (χ0n) is 18.0. The molecular weight excluding hydrogens is 424 g/mol. The number of rotatable bonds is 6. The summed E-state index contributed by atoms with van der Waals surface area (Å²) in [5.74, 6) is 0.288. The second-order valence-corrected chi connectivity index (χ2v) is 8.80. The van der Waals surface area contributed by atoms with Crippen molar-refractivity contribution in [2.24, 2.45) is 7.05 Å². The number of thioether (sulfide) groups is 1. The fourth-order valence-electron chi connectivity index (χ4n) is 3.57. The second kappa shape index (κ2) is 8.85. The lowest BCUT2D eigenvalue weighted by Gasteiger charge is -2.25. The minimum absolute atomic E-state index is 0.125. The molecule has 9 heteroatoms. The van der Waals surface area contributed by atoms with E-state index in [1.807, 2.05) is 56.3 Å². The molecule has 8 nitrogen and oxygen atoms in total. The van der Waals surface area contributed by atoms with Crippen LogP contribution >= 0.6 is 11.8 Å². The summed E-state index contributed by atoms with van der Waals surface area (Å²) in [6, 6.07) is 17.0. The Morgan fingerprint density at radius 3 is 2.62 bits per heavy atom. The quantitative estimate of drug-likeness (QED) is 0.422. The Morgan fingerprint density at radius 1 is 1.19 bits per heavy atom. The third-order valence-electron chi connectivity index (χ3n) is 5.29. The summed E-state index contributed by atoms with van der Waals surface area (Å²) in [7, 11) is 1.66. The van der Waals surface area contributed by atoms with Gasteiger partial charge in [-0.25, -0.2) is 0 Å². The minimum atomic E-state index is -0.488. The summed E-state index contributed by atoms with van der Waals surface area (Å²) in [5, 5.41) is 18.1. The van der Waals surface area contributed by atoms with Crippen LogP contribution in [0.2, 0.25) is 0 Å². The van der Waals surface area contributed by atoms with Crippen LogP contribution in [0.5, 0.6) is 0 Å². The Bertz CT molecular complexity index is 1400. The molecule has 32 heavy (non-hydrogen) atoms. The van der Waals surface area contributed by atoms with E-state index in [1.165, 1.54) is 16.3 Å². The van der Waals surface area contributed by atoms with Crippen LogP contribution < -0.4 is 10.5 Å². The number of aryl methyl sites for hydroxylation is 2. The van der Waals surface area contributed by atoms with Gasteiger partial charge in [-0.15, -0.1) is 10.2 Å². The lowest BCUT2D eigenvalue weighted by atomic mass is 10.2. The average Bonchev–Trinajstić information content (AvgIpc) is 3.22. The van der Waals surface area contributed by atoms with Crippen molar-refractivity contribution in [2.45, 2.75) is 30.7 Å². The van der Waals surface area contributed by atoms with Gasteiger partial charge in [-0.2, -0.15) is 5.26 Å². The highest BCUT2D eigenvalue weighted by atomic mass is 32.2. The summed E-state index contributed by atoms with van der Waals surface area (Å²) < 4.78 is 3.26. The van der Waals surface area contributed by atoms with E-state index in [-0.39, 0.29) is 17.9 Å². The second-order valence-electron chi connectivity index (χ2n) is 7.49. The molecule has 4 aromatic rings. The lowest BCUT2D eigenvalue weighted by molar-refractivity contribution is -0.117. The highest BCUT2D eigenvalue weighted by molar-refractivity contribution is 8.00. The first-order chi connectivity index (χ1) is 15.4. The Kier molecular flexibility index (Phi) is 5.97. The van der Waals surface area contributed by atoms with Gasteiger partial charge in [-0.05, 0) is 38.1 Å². The predicted octanol–water partition coefficient (Wildman–Crippen LogP) is 3.32. The monoisotopic (exact) mass is 446 g/mol. The molecule has 0 fully saturated rings. The van der Waals surface area contributed by atoms with Gasteiger partial charge in [0.15, 0.2) is 5.16 Å². The van der Waals surface area contributed by atoms with Crippen molar-refractivity contribution in [1.29, 1.82) is 5.26 Å². The summed E-state index contributed by atoms with van der Waals surface area (Å²) in [5.41, 5.74) is 2.39. The molecule has 162 valence electrons. The van der Waals surface area contributed by atoms with Gasteiger partial charge >= 0.3 is 0 Å². The number of nitrogens with zero attached hydrogens (tertiary/aromatic N) is 6. The summed E-state index contributed by atoms with van der Waals surface area (Å²) in [4.78, 5) is 27.6. The maximum atomic E-state index is 13.4. The van der Waals surface area contributed by atoms with Crippen molar-refractivity contribution in [3.63, 3.8) is 0 Å². The maximum absolute atomic E-state index is 13.4. The van der Waals surface area contributed by atoms with Crippen LogP contribution in [0.25, 0.3) is 16.7 Å². The number of nitriles is 1. The molecule has 0 aliphatic rings.